The van der Waals surface area contributed by atoms with Crippen LogP contribution in [0.2, 0.25) is 0 Å². The van der Waals surface area contributed by atoms with Crippen LogP contribution < -0.4 is 16.6 Å². The van der Waals surface area contributed by atoms with Gasteiger partial charge in [0.2, 0.25) is 0 Å². The molecule has 0 radical (unpaired) electrons. The Morgan fingerprint density at radius 2 is 1.84 bits per heavy atom. The Morgan fingerprint density at radius 1 is 1.16 bits per heavy atom. The zero-order chi connectivity index (χ0) is 13.8. The number of anilines is 2. The van der Waals surface area contributed by atoms with E-state index in [9.17, 15) is 13.6 Å². The Kier molecular flexibility index (Phi) is 3.62. The number of amides is 1. The maximum absolute atomic E-state index is 13.0. The Morgan fingerprint density at radius 3 is 2.47 bits per heavy atom. The molecule has 0 bridgehead atoms. The van der Waals surface area contributed by atoms with Gasteiger partial charge in [0.15, 0.2) is 5.82 Å². The quantitative estimate of drug-likeness (QED) is 0.574. The lowest BCUT2D eigenvalue weighted by atomic mass is 10.3. The van der Waals surface area contributed by atoms with Gasteiger partial charge in [0, 0.05) is 11.8 Å². The Balaban J connectivity index is 2.20. The number of carbonyl (C=O) groups is 1. The van der Waals surface area contributed by atoms with Gasteiger partial charge >= 0.3 is 0 Å². The average Bonchev–Trinajstić information content (AvgIpc) is 2.37. The van der Waals surface area contributed by atoms with Gasteiger partial charge in [-0.1, -0.05) is 0 Å². The fraction of sp³-hybridized carbons (Fsp3) is 0. The minimum Gasteiger partial charge on any atom is -0.320 e. The minimum atomic E-state index is -0.793. The van der Waals surface area contributed by atoms with E-state index in [2.05, 4.69) is 20.7 Å². The number of rotatable bonds is 3. The van der Waals surface area contributed by atoms with E-state index >= 15 is 0 Å². The third kappa shape index (κ3) is 3.19. The second kappa shape index (κ2) is 5.36. The molecule has 19 heavy (non-hydrogen) atoms. The summed E-state index contributed by atoms with van der Waals surface area (Å²) in [6.07, 6.45) is 2.52. The molecule has 1 amide bonds. The summed E-state index contributed by atoms with van der Waals surface area (Å²) in [6, 6.07) is 2.67. The smallest absolute Gasteiger partial charge is 0.275 e. The number of nitrogens with two attached hydrogens (primary N) is 1. The largest absolute Gasteiger partial charge is 0.320 e. The lowest BCUT2D eigenvalue weighted by Crippen LogP contribution is -2.16. The van der Waals surface area contributed by atoms with Gasteiger partial charge in [-0.2, -0.15) is 0 Å². The topological polar surface area (TPSA) is 92.9 Å². The predicted molar refractivity (Wildman–Crippen MR) is 64.2 cm³/mol. The fourth-order valence-electron chi connectivity index (χ4n) is 1.37. The molecule has 1 heterocycles. The molecule has 0 atom stereocenters. The SMILES string of the molecule is NNc1cncc(C(=O)Nc2cc(F)cc(F)c2)n1. The van der Waals surface area contributed by atoms with Crippen molar-refractivity contribution in [3.8, 4) is 0 Å². The van der Waals surface area contributed by atoms with Crippen molar-refractivity contribution in [1.29, 1.82) is 0 Å². The fourth-order valence-corrected chi connectivity index (χ4v) is 1.37. The van der Waals surface area contributed by atoms with Crippen LogP contribution in [0.4, 0.5) is 20.3 Å². The number of nitrogen functional groups attached to an aromatic ring is 1. The van der Waals surface area contributed by atoms with E-state index in [4.69, 9.17) is 5.84 Å². The number of carbonyl (C=O) groups excluding carboxylic acids is 1. The number of aromatic nitrogens is 2. The molecule has 2 rings (SSSR count). The van der Waals surface area contributed by atoms with Gasteiger partial charge in [-0.25, -0.2) is 19.6 Å². The monoisotopic (exact) mass is 265 g/mol. The van der Waals surface area contributed by atoms with Crippen LogP contribution in [0.1, 0.15) is 10.5 Å². The highest BCUT2D eigenvalue weighted by atomic mass is 19.1. The summed E-state index contributed by atoms with van der Waals surface area (Å²) in [6.45, 7) is 0. The van der Waals surface area contributed by atoms with Crippen molar-refractivity contribution < 1.29 is 13.6 Å². The first kappa shape index (κ1) is 12.8. The van der Waals surface area contributed by atoms with Crippen molar-refractivity contribution in [3.63, 3.8) is 0 Å². The molecule has 0 saturated carbocycles. The zero-order valence-corrected chi connectivity index (χ0v) is 9.52. The molecule has 98 valence electrons. The molecule has 6 nitrogen and oxygen atoms in total. The molecular formula is C11H9F2N5O. The van der Waals surface area contributed by atoms with Gasteiger partial charge in [0.25, 0.3) is 5.91 Å². The van der Waals surface area contributed by atoms with Crippen LogP contribution >= 0.6 is 0 Å². The predicted octanol–water partition coefficient (Wildman–Crippen LogP) is 1.29. The van der Waals surface area contributed by atoms with Crippen LogP contribution in [0.5, 0.6) is 0 Å². The number of halogens is 2. The summed E-state index contributed by atoms with van der Waals surface area (Å²) in [5, 5.41) is 2.30. The number of hydrogen-bond donors (Lipinski definition) is 3. The van der Waals surface area contributed by atoms with Crippen LogP contribution in [0.15, 0.2) is 30.6 Å². The lowest BCUT2D eigenvalue weighted by Gasteiger charge is -2.06. The number of hydrazine groups is 1. The van der Waals surface area contributed by atoms with Crippen LogP contribution in [0.25, 0.3) is 0 Å². The van der Waals surface area contributed by atoms with Crippen molar-refractivity contribution in [2.24, 2.45) is 5.84 Å². The first-order chi connectivity index (χ1) is 9.08. The molecule has 0 spiro atoms. The van der Waals surface area contributed by atoms with E-state index in [0.717, 1.165) is 12.1 Å². The molecule has 0 unspecified atom stereocenters. The zero-order valence-electron chi connectivity index (χ0n) is 9.52. The van der Waals surface area contributed by atoms with E-state index in [1.807, 2.05) is 0 Å². The van der Waals surface area contributed by atoms with Gasteiger partial charge in [-0.3, -0.25) is 9.78 Å². The summed E-state index contributed by atoms with van der Waals surface area (Å²) < 4.78 is 25.9. The molecule has 0 aliphatic carbocycles. The molecule has 0 aliphatic heterocycles. The first-order valence-corrected chi connectivity index (χ1v) is 5.14. The van der Waals surface area contributed by atoms with Gasteiger partial charge in [0.05, 0.1) is 12.4 Å². The van der Waals surface area contributed by atoms with Crippen LogP contribution in [0.3, 0.4) is 0 Å². The van der Waals surface area contributed by atoms with E-state index in [1.54, 1.807) is 0 Å². The van der Waals surface area contributed by atoms with Gasteiger partial charge in [0.1, 0.15) is 17.3 Å². The molecule has 0 fully saturated rings. The van der Waals surface area contributed by atoms with Crippen LogP contribution in [-0.2, 0) is 0 Å². The van der Waals surface area contributed by atoms with Crippen molar-refractivity contribution in [2.45, 2.75) is 0 Å². The van der Waals surface area contributed by atoms with Gasteiger partial charge in [-0.05, 0) is 12.1 Å². The highest BCUT2D eigenvalue weighted by Gasteiger charge is 2.10. The Labute approximate surface area is 106 Å². The third-order valence-corrected chi connectivity index (χ3v) is 2.14. The van der Waals surface area contributed by atoms with Crippen LogP contribution in [-0.4, -0.2) is 15.9 Å². The summed E-state index contributed by atoms with van der Waals surface area (Å²) in [7, 11) is 0. The summed E-state index contributed by atoms with van der Waals surface area (Å²) in [4.78, 5) is 19.4. The molecule has 0 saturated heterocycles. The second-order valence-corrected chi connectivity index (χ2v) is 3.55. The number of hydrogen-bond acceptors (Lipinski definition) is 5. The van der Waals surface area contributed by atoms with Gasteiger partial charge in [-0.15, -0.1) is 0 Å². The maximum Gasteiger partial charge on any atom is 0.275 e. The molecule has 4 N–H and O–H groups in total. The lowest BCUT2D eigenvalue weighted by molar-refractivity contribution is 0.102. The van der Waals surface area contributed by atoms with E-state index in [0.29, 0.717) is 6.07 Å². The van der Waals surface area contributed by atoms with Crippen LogP contribution in [0, 0.1) is 11.6 Å². The molecule has 2 aromatic rings. The Bertz CT molecular complexity index is 600. The second-order valence-electron chi connectivity index (χ2n) is 3.55. The summed E-state index contributed by atoms with van der Waals surface area (Å²) >= 11 is 0. The first-order valence-electron chi connectivity index (χ1n) is 5.14. The van der Waals surface area contributed by atoms with Gasteiger partial charge < -0.3 is 10.7 Å². The van der Waals surface area contributed by atoms with E-state index in [1.165, 1.54) is 12.4 Å². The Hall–Kier alpha value is -2.61. The highest BCUT2D eigenvalue weighted by molar-refractivity contribution is 6.02. The maximum atomic E-state index is 13.0. The normalized spacial score (nSPS) is 10.1. The van der Waals surface area contributed by atoms with Crippen molar-refractivity contribution in [3.05, 3.63) is 47.9 Å². The number of nitrogens with one attached hydrogen (secondary N) is 2. The van der Waals surface area contributed by atoms with Crippen molar-refractivity contribution in [1.82, 2.24) is 9.97 Å². The summed E-state index contributed by atoms with van der Waals surface area (Å²) in [5.41, 5.74) is 2.17. The molecule has 1 aromatic carbocycles. The summed E-state index contributed by atoms with van der Waals surface area (Å²) in [5.74, 6) is 3.08. The minimum absolute atomic E-state index is 0.0181. The van der Waals surface area contributed by atoms with E-state index in [-0.39, 0.29) is 17.2 Å². The standard InChI is InChI=1S/C11H9F2N5O/c12-6-1-7(13)3-8(2-6)16-11(19)9-4-15-5-10(17-9)18-14/h1-5H,14H2,(H,16,19)(H,17,18). The number of nitrogens with zero attached hydrogens (tertiary/aromatic N) is 2. The molecule has 0 aliphatic rings. The third-order valence-electron chi connectivity index (χ3n) is 2.14. The van der Waals surface area contributed by atoms with Crippen molar-refractivity contribution in [2.75, 3.05) is 10.7 Å². The van der Waals surface area contributed by atoms with E-state index < -0.39 is 17.5 Å². The highest BCUT2D eigenvalue weighted by Crippen LogP contribution is 2.13. The van der Waals surface area contributed by atoms with Crippen molar-refractivity contribution >= 4 is 17.4 Å². The number of benzene rings is 1. The molecule has 8 heteroatoms. The molecule has 1 aromatic heterocycles. The average molecular weight is 265 g/mol. The molecular weight excluding hydrogens is 256 g/mol.